The molecule has 0 spiro atoms. The van der Waals surface area contributed by atoms with Crippen LogP contribution in [0.5, 0.6) is 5.75 Å². The number of hydrogen-bond donors (Lipinski definition) is 2. The van der Waals surface area contributed by atoms with Gasteiger partial charge in [-0.15, -0.1) is 0 Å². The molecule has 0 atom stereocenters. The number of carboxylic acids is 1. The molecule has 1 amide bonds. The summed E-state index contributed by atoms with van der Waals surface area (Å²) in [5.74, 6) is -1.57. The number of ether oxygens (including phenoxy) is 1. The lowest BCUT2D eigenvalue weighted by Gasteiger charge is -2.08. The van der Waals surface area contributed by atoms with Crippen molar-refractivity contribution in [3.63, 3.8) is 0 Å². The van der Waals surface area contributed by atoms with Crippen molar-refractivity contribution in [3.05, 3.63) is 63.6 Å². The number of para-hydroxylation sites is 1. The number of carbonyl (C=O) groups excluding carboxylic acids is 1. The number of benzene rings is 2. The molecule has 8 heteroatoms. The topological polar surface area (TPSA) is 99.4 Å². The SMILES string of the molecule is N#CC(=Cc1ccccc1OCC(=O)O)C(=O)Nc1cc(Cl)cc(Cl)c1. The Hall–Kier alpha value is -3.01. The Labute approximate surface area is 159 Å². The minimum atomic E-state index is -1.14. The standard InChI is InChI=1S/C18H12Cl2N2O4/c19-13-6-14(20)8-15(7-13)22-18(25)12(9-21)5-11-3-1-2-4-16(11)26-10-17(23)24/h1-8H,10H2,(H,22,25)(H,23,24). The number of aliphatic carboxylic acids is 1. The molecule has 2 aromatic carbocycles. The molecule has 0 aliphatic rings. The Morgan fingerprint density at radius 2 is 1.85 bits per heavy atom. The Balaban J connectivity index is 2.26. The first-order chi connectivity index (χ1) is 12.4. The van der Waals surface area contributed by atoms with Crippen molar-refractivity contribution < 1.29 is 19.4 Å². The van der Waals surface area contributed by atoms with E-state index >= 15 is 0 Å². The lowest BCUT2D eigenvalue weighted by atomic mass is 10.1. The van der Waals surface area contributed by atoms with Gasteiger partial charge in [-0.3, -0.25) is 4.79 Å². The average molecular weight is 391 g/mol. The van der Waals surface area contributed by atoms with Crippen LogP contribution in [0, 0.1) is 11.3 Å². The highest BCUT2D eigenvalue weighted by Gasteiger charge is 2.12. The van der Waals surface area contributed by atoms with E-state index in [4.69, 9.17) is 33.0 Å². The largest absolute Gasteiger partial charge is 0.481 e. The van der Waals surface area contributed by atoms with Crippen LogP contribution >= 0.6 is 23.2 Å². The van der Waals surface area contributed by atoms with Crippen LogP contribution in [0.2, 0.25) is 10.0 Å². The van der Waals surface area contributed by atoms with E-state index in [0.717, 1.165) is 0 Å². The van der Waals surface area contributed by atoms with Crippen LogP contribution < -0.4 is 10.1 Å². The van der Waals surface area contributed by atoms with E-state index in [-0.39, 0.29) is 11.3 Å². The zero-order valence-corrected chi connectivity index (χ0v) is 14.7. The fourth-order valence-corrected chi connectivity index (χ4v) is 2.53. The molecular weight excluding hydrogens is 379 g/mol. The van der Waals surface area contributed by atoms with Crippen LogP contribution in [0.3, 0.4) is 0 Å². The minimum Gasteiger partial charge on any atom is -0.481 e. The molecule has 0 heterocycles. The van der Waals surface area contributed by atoms with Gasteiger partial charge in [-0.05, 0) is 30.3 Å². The first kappa shape index (κ1) is 19.3. The third-order valence-electron chi connectivity index (χ3n) is 3.06. The molecule has 0 unspecified atom stereocenters. The van der Waals surface area contributed by atoms with Crippen molar-refractivity contribution >= 4 is 46.8 Å². The zero-order valence-electron chi connectivity index (χ0n) is 13.2. The van der Waals surface area contributed by atoms with Crippen molar-refractivity contribution in [1.29, 1.82) is 5.26 Å². The summed E-state index contributed by atoms with van der Waals surface area (Å²) in [4.78, 5) is 23.0. The second-order valence-corrected chi connectivity index (χ2v) is 5.88. The summed E-state index contributed by atoms with van der Waals surface area (Å²) >= 11 is 11.8. The first-order valence-corrected chi connectivity index (χ1v) is 7.97. The van der Waals surface area contributed by atoms with Crippen molar-refractivity contribution in [2.24, 2.45) is 0 Å². The van der Waals surface area contributed by atoms with E-state index in [1.807, 2.05) is 0 Å². The minimum absolute atomic E-state index is 0.201. The summed E-state index contributed by atoms with van der Waals surface area (Å²) in [7, 11) is 0. The smallest absolute Gasteiger partial charge is 0.341 e. The normalized spacial score (nSPS) is 10.7. The Morgan fingerprint density at radius 3 is 2.46 bits per heavy atom. The van der Waals surface area contributed by atoms with Crippen LogP contribution in [-0.2, 0) is 9.59 Å². The summed E-state index contributed by atoms with van der Waals surface area (Å²) in [6.07, 6.45) is 1.30. The predicted octanol–water partition coefficient (Wildman–Crippen LogP) is 4.00. The zero-order chi connectivity index (χ0) is 19.1. The second kappa shape index (κ2) is 8.90. The maximum Gasteiger partial charge on any atom is 0.341 e. The number of hydrogen-bond acceptors (Lipinski definition) is 4. The summed E-state index contributed by atoms with van der Waals surface area (Å²) < 4.78 is 5.15. The van der Waals surface area contributed by atoms with Crippen LogP contribution in [0.1, 0.15) is 5.56 Å². The molecule has 0 saturated heterocycles. The van der Waals surface area contributed by atoms with Crippen LogP contribution in [0.25, 0.3) is 6.08 Å². The van der Waals surface area contributed by atoms with Gasteiger partial charge in [-0.1, -0.05) is 41.4 Å². The highest BCUT2D eigenvalue weighted by Crippen LogP contribution is 2.24. The fraction of sp³-hybridized carbons (Fsp3) is 0.0556. The third kappa shape index (κ3) is 5.52. The van der Waals surface area contributed by atoms with Crippen molar-refractivity contribution in [2.45, 2.75) is 0 Å². The second-order valence-electron chi connectivity index (χ2n) is 5.00. The Morgan fingerprint density at radius 1 is 1.19 bits per heavy atom. The quantitative estimate of drug-likeness (QED) is 0.573. The van der Waals surface area contributed by atoms with Crippen LogP contribution in [0.4, 0.5) is 5.69 Å². The van der Waals surface area contributed by atoms with Gasteiger partial charge in [0.2, 0.25) is 0 Å². The van der Waals surface area contributed by atoms with Gasteiger partial charge in [0, 0.05) is 21.3 Å². The molecule has 2 rings (SSSR count). The lowest BCUT2D eigenvalue weighted by Crippen LogP contribution is -2.14. The Kier molecular flexibility index (Phi) is 6.61. The van der Waals surface area contributed by atoms with Gasteiger partial charge in [0.1, 0.15) is 17.4 Å². The van der Waals surface area contributed by atoms with E-state index in [0.29, 0.717) is 21.3 Å². The molecule has 6 nitrogen and oxygen atoms in total. The lowest BCUT2D eigenvalue weighted by molar-refractivity contribution is -0.139. The van der Waals surface area contributed by atoms with E-state index in [1.54, 1.807) is 30.3 Å². The van der Waals surface area contributed by atoms with Crippen molar-refractivity contribution in [1.82, 2.24) is 0 Å². The third-order valence-corrected chi connectivity index (χ3v) is 3.49. The Bertz CT molecular complexity index is 899. The van der Waals surface area contributed by atoms with Gasteiger partial charge in [0.05, 0.1) is 0 Å². The average Bonchev–Trinajstić information content (AvgIpc) is 2.57. The molecule has 0 aliphatic carbocycles. The predicted molar refractivity (Wildman–Crippen MR) is 98.3 cm³/mol. The van der Waals surface area contributed by atoms with Crippen molar-refractivity contribution in [2.75, 3.05) is 11.9 Å². The summed E-state index contributed by atoms with van der Waals surface area (Å²) in [6, 6.07) is 12.7. The summed E-state index contributed by atoms with van der Waals surface area (Å²) in [5, 5.41) is 21.2. The number of carbonyl (C=O) groups is 2. The van der Waals surface area contributed by atoms with Gasteiger partial charge in [0.25, 0.3) is 5.91 Å². The summed E-state index contributed by atoms with van der Waals surface area (Å²) in [5.41, 5.74) is 0.529. The number of anilines is 1. The molecule has 0 aliphatic heterocycles. The molecule has 0 radical (unpaired) electrons. The van der Waals surface area contributed by atoms with E-state index in [2.05, 4.69) is 5.32 Å². The van der Waals surface area contributed by atoms with Gasteiger partial charge in [-0.2, -0.15) is 5.26 Å². The molecule has 2 N–H and O–H groups in total. The molecule has 0 saturated carbocycles. The number of nitriles is 1. The molecule has 0 fully saturated rings. The first-order valence-electron chi connectivity index (χ1n) is 7.22. The number of rotatable bonds is 6. The van der Waals surface area contributed by atoms with Gasteiger partial charge in [0.15, 0.2) is 6.61 Å². The van der Waals surface area contributed by atoms with Crippen molar-refractivity contribution in [3.8, 4) is 11.8 Å². The maximum atomic E-state index is 12.3. The van der Waals surface area contributed by atoms with E-state index in [1.165, 1.54) is 24.3 Å². The molecule has 0 bridgehead atoms. The molecule has 0 aromatic heterocycles. The number of carboxylic acid groups (broad SMARTS) is 1. The highest BCUT2D eigenvalue weighted by molar-refractivity contribution is 6.35. The molecule has 2 aromatic rings. The van der Waals surface area contributed by atoms with Crippen LogP contribution in [-0.4, -0.2) is 23.6 Å². The number of nitrogens with one attached hydrogen (secondary N) is 1. The monoisotopic (exact) mass is 390 g/mol. The number of amides is 1. The maximum absolute atomic E-state index is 12.3. The van der Waals surface area contributed by atoms with Crippen LogP contribution in [0.15, 0.2) is 48.0 Å². The fourth-order valence-electron chi connectivity index (χ4n) is 2.00. The van der Waals surface area contributed by atoms with E-state index < -0.39 is 18.5 Å². The van der Waals surface area contributed by atoms with E-state index in [9.17, 15) is 14.9 Å². The van der Waals surface area contributed by atoms with Gasteiger partial charge >= 0.3 is 5.97 Å². The highest BCUT2D eigenvalue weighted by atomic mass is 35.5. The van der Waals surface area contributed by atoms with Gasteiger partial charge in [-0.25, -0.2) is 4.79 Å². The summed E-state index contributed by atoms with van der Waals surface area (Å²) in [6.45, 7) is -0.542. The molecule has 26 heavy (non-hydrogen) atoms. The number of halogens is 2. The molecular formula is C18H12Cl2N2O4. The van der Waals surface area contributed by atoms with Gasteiger partial charge < -0.3 is 15.2 Å². The molecule has 132 valence electrons. The number of nitrogens with zero attached hydrogens (tertiary/aromatic N) is 1.